The predicted octanol–water partition coefficient (Wildman–Crippen LogP) is 7.69. The van der Waals surface area contributed by atoms with Crippen LogP contribution >= 0.6 is 0 Å². The third kappa shape index (κ3) is 2.64. The van der Waals surface area contributed by atoms with E-state index in [1.54, 1.807) is 6.26 Å². The zero-order chi connectivity index (χ0) is 22.0. The molecule has 0 atom stereocenters. The molecule has 0 fully saturated rings. The van der Waals surface area contributed by atoms with Crippen LogP contribution in [0.4, 0.5) is 0 Å². The highest BCUT2D eigenvalue weighted by molar-refractivity contribution is 5.86. The second-order valence-corrected chi connectivity index (χ2v) is 9.57. The van der Waals surface area contributed by atoms with E-state index in [-0.39, 0.29) is 5.41 Å². The van der Waals surface area contributed by atoms with Crippen LogP contribution in [-0.2, 0) is 5.41 Å². The molecule has 2 aromatic heterocycles. The number of benzene rings is 3. The van der Waals surface area contributed by atoms with E-state index in [0.717, 1.165) is 22.5 Å². The maximum atomic E-state index is 5.68. The highest BCUT2D eigenvalue weighted by Gasteiger charge is 2.35. The van der Waals surface area contributed by atoms with Gasteiger partial charge in [-0.1, -0.05) is 88.4 Å². The molecule has 3 nitrogen and oxygen atoms in total. The van der Waals surface area contributed by atoms with Gasteiger partial charge in [-0.15, -0.1) is 0 Å². The molecule has 0 aliphatic heterocycles. The Bertz CT molecular complexity index is 1470. The molecule has 2 heterocycles. The van der Waals surface area contributed by atoms with Gasteiger partial charge in [0.05, 0.1) is 5.69 Å². The second kappa shape index (κ2) is 6.70. The van der Waals surface area contributed by atoms with Crippen molar-refractivity contribution < 1.29 is 4.42 Å². The Balaban J connectivity index is 1.54. The van der Waals surface area contributed by atoms with E-state index in [9.17, 15) is 0 Å². The van der Waals surface area contributed by atoms with E-state index in [2.05, 4.69) is 94.4 Å². The lowest BCUT2D eigenvalue weighted by atomic mass is 9.82. The van der Waals surface area contributed by atoms with Crippen molar-refractivity contribution in [3.8, 4) is 33.6 Å². The van der Waals surface area contributed by atoms with Crippen LogP contribution in [0.3, 0.4) is 0 Å². The third-order valence-electron chi connectivity index (χ3n) is 6.97. The van der Waals surface area contributed by atoms with Gasteiger partial charge in [-0.25, -0.2) is 0 Å². The molecule has 0 saturated heterocycles. The van der Waals surface area contributed by atoms with Gasteiger partial charge in [0.2, 0.25) is 0 Å². The van der Waals surface area contributed by atoms with Gasteiger partial charge in [-0.3, -0.25) is 4.40 Å². The van der Waals surface area contributed by atoms with Crippen molar-refractivity contribution in [1.29, 1.82) is 0 Å². The molecule has 0 amide bonds. The van der Waals surface area contributed by atoms with Gasteiger partial charge in [0, 0.05) is 22.7 Å². The van der Waals surface area contributed by atoms with Crippen molar-refractivity contribution in [3.63, 3.8) is 0 Å². The van der Waals surface area contributed by atoms with Crippen LogP contribution in [0.25, 0.3) is 39.5 Å². The fourth-order valence-corrected chi connectivity index (χ4v) is 5.14. The summed E-state index contributed by atoms with van der Waals surface area (Å²) in [6.07, 6.45) is 3.64. The van der Waals surface area contributed by atoms with Crippen LogP contribution in [0, 0.1) is 0 Å². The molecule has 0 bridgehead atoms. The predicted molar refractivity (Wildman–Crippen MR) is 130 cm³/mol. The molecule has 3 aromatic carbocycles. The summed E-state index contributed by atoms with van der Waals surface area (Å²) in [4.78, 5) is 4.90. The van der Waals surface area contributed by atoms with Gasteiger partial charge in [-0.05, 0) is 39.8 Å². The summed E-state index contributed by atoms with van der Waals surface area (Å²) < 4.78 is 7.73. The summed E-state index contributed by atoms with van der Waals surface area (Å²) in [5.41, 5.74) is 11.0. The Morgan fingerprint density at radius 1 is 0.844 bits per heavy atom. The average molecular weight is 419 g/mol. The Morgan fingerprint density at radius 2 is 1.56 bits per heavy atom. The first-order valence-corrected chi connectivity index (χ1v) is 11.3. The number of imidazole rings is 1. The Hall–Kier alpha value is -3.59. The average Bonchev–Trinajstić information content (AvgIpc) is 3.45. The normalized spacial score (nSPS) is 14.2. The molecule has 6 rings (SSSR count). The first-order valence-electron chi connectivity index (χ1n) is 11.3. The van der Waals surface area contributed by atoms with Crippen molar-refractivity contribution in [3.05, 3.63) is 95.9 Å². The molecule has 3 heteroatoms. The van der Waals surface area contributed by atoms with Crippen molar-refractivity contribution in [2.75, 3.05) is 0 Å². The van der Waals surface area contributed by atoms with E-state index >= 15 is 0 Å². The van der Waals surface area contributed by atoms with Crippen LogP contribution in [0.1, 0.15) is 50.3 Å². The minimum Gasteiger partial charge on any atom is -0.432 e. The van der Waals surface area contributed by atoms with E-state index in [4.69, 9.17) is 9.40 Å². The molecule has 158 valence electrons. The van der Waals surface area contributed by atoms with E-state index < -0.39 is 0 Å². The highest BCUT2D eigenvalue weighted by Crippen LogP contribution is 2.49. The van der Waals surface area contributed by atoms with Gasteiger partial charge < -0.3 is 4.42 Å². The molecular formula is C29H26N2O. The van der Waals surface area contributed by atoms with E-state index in [1.807, 2.05) is 10.6 Å². The molecule has 0 unspecified atom stereocenters. The van der Waals surface area contributed by atoms with E-state index in [0.29, 0.717) is 11.8 Å². The quantitative estimate of drug-likeness (QED) is 0.301. The third-order valence-corrected chi connectivity index (χ3v) is 6.97. The SMILES string of the molecule is CC(C)c1ccc(-c2c(-c3ccc4c(c3)C(C)(C)c3ccccc3-4)nc3occn23)cc1. The first kappa shape index (κ1) is 19.1. The zero-order valence-electron chi connectivity index (χ0n) is 18.9. The molecule has 0 saturated carbocycles. The number of hydrogen-bond acceptors (Lipinski definition) is 2. The molecule has 1 aliphatic rings. The smallest absolute Gasteiger partial charge is 0.306 e. The molecule has 1 aliphatic carbocycles. The van der Waals surface area contributed by atoms with Crippen LogP contribution in [0.2, 0.25) is 0 Å². The Morgan fingerprint density at radius 3 is 2.34 bits per heavy atom. The van der Waals surface area contributed by atoms with Crippen LogP contribution in [0.15, 0.2) is 83.6 Å². The molecule has 32 heavy (non-hydrogen) atoms. The number of nitrogens with zero attached hydrogens (tertiary/aromatic N) is 2. The zero-order valence-corrected chi connectivity index (χ0v) is 18.9. The molecule has 0 spiro atoms. The summed E-state index contributed by atoms with van der Waals surface area (Å²) in [6, 6.07) is 24.3. The highest BCUT2D eigenvalue weighted by atomic mass is 16.3. The minimum atomic E-state index is -0.0418. The molecular weight excluding hydrogens is 392 g/mol. The standard InChI is InChI=1S/C29H26N2O/c1-18(2)19-9-11-20(12-10-19)27-26(30-28-31(27)15-16-32-28)21-13-14-23-22-7-5-6-8-24(22)29(3,4)25(23)17-21/h5-18H,1-4H3. The second-order valence-electron chi connectivity index (χ2n) is 9.57. The minimum absolute atomic E-state index is 0.0418. The lowest BCUT2D eigenvalue weighted by Crippen LogP contribution is -2.14. The fraction of sp³-hybridized carbons (Fsp3) is 0.207. The lowest BCUT2D eigenvalue weighted by molar-refractivity contribution is 0.596. The summed E-state index contributed by atoms with van der Waals surface area (Å²) in [7, 11) is 0. The van der Waals surface area contributed by atoms with Crippen LogP contribution in [-0.4, -0.2) is 9.38 Å². The summed E-state index contributed by atoms with van der Waals surface area (Å²) in [5.74, 6) is 1.12. The maximum Gasteiger partial charge on any atom is 0.306 e. The topological polar surface area (TPSA) is 30.4 Å². The molecule has 0 N–H and O–H groups in total. The van der Waals surface area contributed by atoms with Crippen molar-refractivity contribution in [1.82, 2.24) is 9.38 Å². The summed E-state index contributed by atoms with van der Waals surface area (Å²) >= 11 is 0. The van der Waals surface area contributed by atoms with Gasteiger partial charge in [0.1, 0.15) is 12.0 Å². The van der Waals surface area contributed by atoms with Gasteiger partial charge >= 0.3 is 5.84 Å². The first-order chi connectivity index (χ1) is 15.4. The number of aromatic nitrogens is 2. The maximum absolute atomic E-state index is 5.68. The summed E-state index contributed by atoms with van der Waals surface area (Å²) in [5, 5.41) is 0. The van der Waals surface area contributed by atoms with Crippen molar-refractivity contribution >= 4 is 5.84 Å². The number of rotatable bonds is 3. The van der Waals surface area contributed by atoms with Gasteiger partial charge in [-0.2, -0.15) is 4.98 Å². The van der Waals surface area contributed by atoms with Gasteiger partial charge in [0.25, 0.3) is 0 Å². The molecule has 0 radical (unpaired) electrons. The van der Waals surface area contributed by atoms with Crippen molar-refractivity contribution in [2.24, 2.45) is 0 Å². The monoisotopic (exact) mass is 418 g/mol. The van der Waals surface area contributed by atoms with Crippen LogP contribution in [0.5, 0.6) is 0 Å². The Kier molecular flexibility index (Phi) is 4.00. The van der Waals surface area contributed by atoms with Crippen LogP contribution < -0.4 is 0 Å². The fourth-order valence-electron chi connectivity index (χ4n) is 5.14. The molecule has 5 aromatic rings. The van der Waals surface area contributed by atoms with Gasteiger partial charge in [0.15, 0.2) is 0 Å². The largest absolute Gasteiger partial charge is 0.432 e. The summed E-state index contributed by atoms with van der Waals surface area (Å²) in [6.45, 7) is 9.06. The Labute approximate surface area is 188 Å². The number of hydrogen-bond donors (Lipinski definition) is 0. The number of oxazole rings is 1. The van der Waals surface area contributed by atoms with E-state index in [1.165, 1.54) is 27.8 Å². The van der Waals surface area contributed by atoms with Crippen molar-refractivity contribution in [2.45, 2.75) is 39.0 Å². The number of fused-ring (bicyclic) bond motifs is 4. The lowest BCUT2D eigenvalue weighted by Gasteiger charge is -2.21.